The number of halogens is 3. The van der Waals surface area contributed by atoms with Crippen LogP contribution in [0.15, 0.2) is 42.6 Å². The number of aryl methyl sites for hydroxylation is 1. The van der Waals surface area contributed by atoms with Crippen molar-refractivity contribution in [2.45, 2.75) is 50.7 Å². The third-order valence-corrected chi connectivity index (χ3v) is 6.41. The van der Waals surface area contributed by atoms with Crippen molar-refractivity contribution in [3.05, 3.63) is 59.4 Å². The number of phenols is 1. The highest BCUT2D eigenvalue weighted by Crippen LogP contribution is 2.66. The van der Waals surface area contributed by atoms with Gasteiger partial charge in [-0.1, -0.05) is 12.1 Å². The lowest BCUT2D eigenvalue weighted by Crippen LogP contribution is -2.42. The van der Waals surface area contributed by atoms with Crippen molar-refractivity contribution >= 4 is 5.91 Å². The Balaban J connectivity index is 1.70. The van der Waals surface area contributed by atoms with Crippen LogP contribution in [0.4, 0.5) is 13.2 Å². The Kier molecular flexibility index (Phi) is 7.12. The van der Waals surface area contributed by atoms with Crippen LogP contribution in [0.1, 0.15) is 42.0 Å². The quantitative estimate of drug-likeness (QED) is 0.602. The molecule has 32 heavy (non-hydrogen) atoms. The first kappa shape index (κ1) is 24.0. The van der Waals surface area contributed by atoms with Crippen molar-refractivity contribution in [2.24, 2.45) is 5.41 Å². The molecule has 2 N–H and O–H groups in total. The van der Waals surface area contributed by atoms with E-state index in [0.717, 1.165) is 5.56 Å². The van der Waals surface area contributed by atoms with Crippen molar-refractivity contribution in [2.75, 3.05) is 20.6 Å². The standard InChI is InChI=1S/C24H30F3N3O2/c1-16-12-18(8-11-28-16)21(23(9-10-23)24(25,26)27)14-22(32)29-15-19(30(2)3)13-17-4-6-20(31)7-5-17/h4-8,11-12,19,21,31H,9-10,13-15H2,1-3H3,(H,29,32)/t19-,21-/m0/s1. The number of likely N-dealkylation sites (N-methyl/N-ethyl adjacent to an activating group) is 1. The fourth-order valence-corrected chi connectivity index (χ4v) is 4.21. The second-order valence-corrected chi connectivity index (χ2v) is 8.93. The van der Waals surface area contributed by atoms with Crippen LogP contribution < -0.4 is 5.32 Å². The van der Waals surface area contributed by atoms with Gasteiger partial charge in [-0.3, -0.25) is 9.78 Å². The zero-order valence-electron chi connectivity index (χ0n) is 18.6. The summed E-state index contributed by atoms with van der Waals surface area (Å²) in [5.74, 6) is -1.14. The SMILES string of the molecule is Cc1cc([C@H](CC(=O)NC[C@H](Cc2ccc(O)cc2)N(C)C)C2(C(F)(F)F)CC2)ccn1. The molecule has 1 fully saturated rings. The van der Waals surface area contributed by atoms with Crippen LogP contribution in [-0.2, 0) is 11.2 Å². The lowest BCUT2D eigenvalue weighted by molar-refractivity contribution is -0.194. The second-order valence-electron chi connectivity index (χ2n) is 8.93. The topological polar surface area (TPSA) is 65.5 Å². The molecule has 0 spiro atoms. The number of rotatable bonds is 9. The van der Waals surface area contributed by atoms with Gasteiger partial charge < -0.3 is 15.3 Å². The first-order chi connectivity index (χ1) is 15.0. The number of pyridine rings is 1. The molecule has 1 aliphatic rings. The number of benzene rings is 1. The van der Waals surface area contributed by atoms with E-state index in [0.29, 0.717) is 24.2 Å². The van der Waals surface area contributed by atoms with Crippen molar-refractivity contribution in [1.29, 1.82) is 0 Å². The summed E-state index contributed by atoms with van der Waals surface area (Å²) >= 11 is 0. The first-order valence-electron chi connectivity index (χ1n) is 10.7. The van der Waals surface area contributed by atoms with Gasteiger partial charge in [0.2, 0.25) is 5.91 Å². The highest BCUT2D eigenvalue weighted by atomic mass is 19.4. The molecule has 0 aliphatic heterocycles. The molecule has 2 atom stereocenters. The summed E-state index contributed by atoms with van der Waals surface area (Å²) in [4.78, 5) is 18.8. The predicted octanol–water partition coefficient (Wildman–Crippen LogP) is 4.20. The number of carbonyl (C=O) groups excluding carboxylic acids is 1. The molecule has 174 valence electrons. The van der Waals surface area contributed by atoms with Crippen molar-refractivity contribution in [3.8, 4) is 5.75 Å². The van der Waals surface area contributed by atoms with Crippen LogP contribution in [0.5, 0.6) is 5.75 Å². The molecule has 1 heterocycles. The van der Waals surface area contributed by atoms with Crippen molar-refractivity contribution in [3.63, 3.8) is 0 Å². The monoisotopic (exact) mass is 449 g/mol. The van der Waals surface area contributed by atoms with E-state index in [1.165, 1.54) is 6.20 Å². The first-order valence-corrected chi connectivity index (χ1v) is 10.7. The van der Waals surface area contributed by atoms with Gasteiger partial charge in [0, 0.05) is 36.8 Å². The minimum Gasteiger partial charge on any atom is -0.508 e. The van der Waals surface area contributed by atoms with Crippen LogP contribution in [0.2, 0.25) is 0 Å². The van der Waals surface area contributed by atoms with Gasteiger partial charge in [-0.05, 0) is 75.7 Å². The highest BCUT2D eigenvalue weighted by molar-refractivity contribution is 5.77. The van der Waals surface area contributed by atoms with E-state index in [2.05, 4.69) is 10.3 Å². The van der Waals surface area contributed by atoms with E-state index in [9.17, 15) is 23.1 Å². The van der Waals surface area contributed by atoms with E-state index in [4.69, 9.17) is 0 Å². The average molecular weight is 450 g/mol. The Morgan fingerprint density at radius 2 is 1.88 bits per heavy atom. The largest absolute Gasteiger partial charge is 0.508 e. The Labute approximate surface area is 186 Å². The van der Waals surface area contributed by atoms with Gasteiger partial charge in [0.25, 0.3) is 0 Å². The molecular formula is C24H30F3N3O2. The number of aromatic hydroxyl groups is 1. The molecule has 2 aromatic rings. The molecule has 0 unspecified atom stereocenters. The number of amides is 1. The smallest absolute Gasteiger partial charge is 0.395 e. The molecule has 0 saturated heterocycles. The molecule has 3 rings (SSSR count). The summed E-state index contributed by atoms with van der Waals surface area (Å²) in [6, 6.07) is 10.0. The highest BCUT2D eigenvalue weighted by Gasteiger charge is 2.67. The van der Waals surface area contributed by atoms with Gasteiger partial charge in [0.05, 0.1) is 5.41 Å². The van der Waals surface area contributed by atoms with E-state index in [1.807, 2.05) is 31.1 Å². The molecule has 1 aromatic carbocycles. The number of alkyl halides is 3. The Bertz CT molecular complexity index is 925. The maximum atomic E-state index is 13.9. The third-order valence-electron chi connectivity index (χ3n) is 6.41. The molecule has 1 saturated carbocycles. The zero-order valence-corrected chi connectivity index (χ0v) is 18.6. The Morgan fingerprint density at radius 3 is 2.41 bits per heavy atom. The number of hydrogen-bond donors (Lipinski definition) is 2. The molecular weight excluding hydrogens is 419 g/mol. The lowest BCUT2D eigenvalue weighted by Gasteiger charge is -2.30. The second kappa shape index (κ2) is 9.48. The summed E-state index contributed by atoms with van der Waals surface area (Å²) in [5.41, 5.74) is 0.295. The maximum Gasteiger partial charge on any atom is 0.395 e. The van der Waals surface area contributed by atoms with E-state index < -0.39 is 23.4 Å². The van der Waals surface area contributed by atoms with Crippen molar-refractivity contribution < 1.29 is 23.1 Å². The predicted molar refractivity (Wildman–Crippen MR) is 116 cm³/mol. The third kappa shape index (κ3) is 5.59. The molecule has 0 radical (unpaired) electrons. The molecule has 0 bridgehead atoms. The number of nitrogens with one attached hydrogen (secondary N) is 1. The Morgan fingerprint density at radius 1 is 1.22 bits per heavy atom. The number of carbonyl (C=O) groups is 1. The summed E-state index contributed by atoms with van der Waals surface area (Å²) in [6.45, 7) is 2.05. The van der Waals surface area contributed by atoms with Crippen LogP contribution >= 0.6 is 0 Å². The summed E-state index contributed by atoms with van der Waals surface area (Å²) in [7, 11) is 3.78. The van der Waals surface area contributed by atoms with Crippen LogP contribution in [-0.4, -0.2) is 53.8 Å². The van der Waals surface area contributed by atoms with Gasteiger partial charge in [-0.2, -0.15) is 13.2 Å². The minimum atomic E-state index is -4.36. The molecule has 8 heteroatoms. The normalized spacial score (nSPS) is 17.1. The van der Waals surface area contributed by atoms with Gasteiger partial charge in [0.1, 0.15) is 5.75 Å². The summed E-state index contributed by atoms with van der Waals surface area (Å²) in [6.07, 6.45) is -2.37. The summed E-state index contributed by atoms with van der Waals surface area (Å²) in [5, 5.41) is 12.3. The van der Waals surface area contributed by atoms with E-state index in [-0.39, 0.29) is 31.1 Å². The average Bonchev–Trinajstić information content (AvgIpc) is 3.52. The molecule has 1 amide bonds. The summed E-state index contributed by atoms with van der Waals surface area (Å²) < 4.78 is 41.7. The van der Waals surface area contributed by atoms with Gasteiger partial charge in [-0.25, -0.2) is 0 Å². The van der Waals surface area contributed by atoms with Crippen LogP contribution in [0.3, 0.4) is 0 Å². The van der Waals surface area contributed by atoms with Gasteiger partial charge in [0.15, 0.2) is 0 Å². The number of hydrogen-bond acceptors (Lipinski definition) is 4. The Hall–Kier alpha value is -2.61. The van der Waals surface area contributed by atoms with E-state index in [1.54, 1.807) is 31.2 Å². The number of nitrogens with zero attached hydrogens (tertiary/aromatic N) is 2. The molecule has 5 nitrogen and oxygen atoms in total. The number of aromatic nitrogens is 1. The van der Waals surface area contributed by atoms with Crippen LogP contribution in [0, 0.1) is 12.3 Å². The fourth-order valence-electron chi connectivity index (χ4n) is 4.21. The van der Waals surface area contributed by atoms with Crippen LogP contribution in [0.25, 0.3) is 0 Å². The minimum absolute atomic E-state index is 0.0387. The molecule has 1 aliphatic carbocycles. The number of phenolic OH excluding ortho intramolecular Hbond substituents is 1. The fraction of sp³-hybridized carbons (Fsp3) is 0.500. The lowest BCUT2D eigenvalue weighted by atomic mass is 9.80. The zero-order chi connectivity index (χ0) is 23.5. The van der Waals surface area contributed by atoms with Gasteiger partial charge >= 0.3 is 6.18 Å². The van der Waals surface area contributed by atoms with Crippen molar-refractivity contribution in [1.82, 2.24) is 15.2 Å². The van der Waals surface area contributed by atoms with Gasteiger partial charge in [-0.15, -0.1) is 0 Å². The van der Waals surface area contributed by atoms with E-state index >= 15 is 0 Å². The molecule has 1 aromatic heterocycles. The maximum absolute atomic E-state index is 13.9.